The van der Waals surface area contributed by atoms with Gasteiger partial charge in [-0.15, -0.1) is 0 Å². The third-order valence-electron chi connectivity index (χ3n) is 5.52. The molecule has 0 aromatic heterocycles. The van der Waals surface area contributed by atoms with Crippen LogP contribution in [0, 0.1) is 17.3 Å². The summed E-state index contributed by atoms with van der Waals surface area (Å²) in [6, 6.07) is 0. The Balaban J connectivity index is 2.04. The van der Waals surface area contributed by atoms with Gasteiger partial charge in [-0.05, 0) is 39.5 Å². The van der Waals surface area contributed by atoms with E-state index in [1.807, 2.05) is 4.90 Å². The van der Waals surface area contributed by atoms with Gasteiger partial charge in [-0.1, -0.05) is 25.5 Å². The van der Waals surface area contributed by atoms with E-state index in [-0.39, 0.29) is 17.4 Å². The van der Waals surface area contributed by atoms with Gasteiger partial charge in [-0.3, -0.25) is 4.79 Å². The molecule has 0 bridgehead atoms. The molecule has 0 aromatic carbocycles. The van der Waals surface area contributed by atoms with Gasteiger partial charge in [0.05, 0.1) is 18.1 Å². The second-order valence-corrected chi connectivity index (χ2v) is 7.21. The maximum Gasteiger partial charge on any atom is 0.231 e. The van der Waals surface area contributed by atoms with Crippen molar-refractivity contribution in [2.75, 3.05) is 6.54 Å². The van der Waals surface area contributed by atoms with Crippen LogP contribution < -0.4 is 0 Å². The zero-order chi connectivity index (χ0) is 14.0. The predicted octanol–water partition coefficient (Wildman–Crippen LogP) is 2.96. The Labute approximate surface area is 116 Å². The van der Waals surface area contributed by atoms with Gasteiger partial charge in [0.1, 0.15) is 5.72 Å². The Morgan fingerprint density at radius 3 is 2.74 bits per heavy atom. The molecule has 0 unspecified atom stereocenters. The second kappa shape index (κ2) is 3.85. The number of amides is 1. The highest BCUT2D eigenvalue weighted by Gasteiger charge is 2.67. The van der Waals surface area contributed by atoms with Crippen LogP contribution in [0.15, 0.2) is 11.6 Å². The number of hydrogen-bond acceptors (Lipinski definition) is 2. The summed E-state index contributed by atoms with van der Waals surface area (Å²) in [5, 5.41) is 0. The minimum atomic E-state index is -0.429. The number of carbonyl (C=O) groups is 1. The largest absolute Gasteiger partial charge is 0.350 e. The number of ether oxygens (including phenoxy) is 1. The standard InChI is InChI=1S/C16H25NO2/c1-10(2)12-9-17-14(18)15(4)8-6-7-11(3)13(15)16(17,5)19-12/h7,10,12-13H,6,8-9H2,1-5H3/t12-,13-,15+,16+/m0/s1. The highest BCUT2D eigenvalue weighted by atomic mass is 16.5. The van der Waals surface area contributed by atoms with E-state index < -0.39 is 5.72 Å². The van der Waals surface area contributed by atoms with Crippen LogP contribution >= 0.6 is 0 Å². The first kappa shape index (κ1) is 13.2. The van der Waals surface area contributed by atoms with Crippen LogP contribution in [0.4, 0.5) is 0 Å². The first-order valence-electron chi connectivity index (χ1n) is 7.47. The fourth-order valence-electron chi connectivity index (χ4n) is 4.54. The first-order chi connectivity index (χ1) is 8.80. The van der Waals surface area contributed by atoms with Crippen molar-refractivity contribution in [2.24, 2.45) is 17.3 Å². The van der Waals surface area contributed by atoms with Gasteiger partial charge in [-0.25, -0.2) is 0 Å². The van der Waals surface area contributed by atoms with Gasteiger partial charge in [0.15, 0.2) is 0 Å². The molecule has 3 rings (SSSR count). The Hall–Kier alpha value is -0.830. The molecule has 3 heteroatoms. The summed E-state index contributed by atoms with van der Waals surface area (Å²) in [6.07, 6.45) is 4.44. The van der Waals surface area contributed by atoms with Crippen LogP contribution in [0.25, 0.3) is 0 Å². The quantitative estimate of drug-likeness (QED) is 0.681. The van der Waals surface area contributed by atoms with E-state index in [0.717, 1.165) is 19.4 Å². The average molecular weight is 263 g/mol. The lowest BCUT2D eigenvalue weighted by atomic mass is 9.66. The molecule has 0 aromatic rings. The van der Waals surface area contributed by atoms with Crippen molar-refractivity contribution in [3.63, 3.8) is 0 Å². The van der Waals surface area contributed by atoms with Gasteiger partial charge in [0, 0.05) is 5.92 Å². The zero-order valence-corrected chi connectivity index (χ0v) is 12.7. The van der Waals surface area contributed by atoms with Gasteiger partial charge < -0.3 is 9.64 Å². The number of hydrogen-bond donors (Lipinski definition) is 0. The lowest BCUT2D eigenvalue weighted by Gasteiger charge is -2.39. The molecule has 0 saturated carbocycles. The van der Waals surface area contributed by atoms with Crippen LogP contribution in [-0.4, -0.2) is 29.2 Å². The predicted molar refractivity (Wildman–Crippen MR) is 74.4 cm³/mol. The van der Waals surface area contributed by atoms with Crippen molar-refractivity contribution < 1.29 is 9.53 Å². The summed E-state index contributed by atoms with van der Waals surface area (Å²) in [5.74, 6) is 0.968. The topological polar surface area (TPSA) is 29.5 Å². The average Bonchev–Trinajstić information content (AvgIpc) is 2.73. The van der Waals surface area contributed by atoms with Gasteiger partial charge in [-0.2, -0.15) is 0 Å². The summed E-state index contributed by atoms with van der Waals surface area (Å²) >= 11 is 0. The van der Waals surface area contributed by atoms with E-state index in [2.05, 4.69) is 40.7 Å². The molecule has 4 atom stereocenters. The smallest absolute Gasteiger partial charge is 0.231 e. The number of carbonyl (C=O) groups excluding carboxylic acids is 1. The van der Waals surface area contributed by atoms with Crippen molar-refractivity contribution in [3.05, 3.63) is 11.6 Å². The molecule has 1 amide bonds. The normalized spacial score (nSPS) is 45.5. The lowest BCUT2D eigenvalue weighted by Crippen LogP contribution is -2.44. The minimum absolute atomic E-state index is 0.174. The molecule has 1 aliphatic carbocycles. The molecule has 0 spiro atoms. The number of fused-ring (bicyclic) bond motifs is 3. The van der Waals surface area contributed by atoms with Crippen molar-refractivity contribution >= 4 is 5.91 Å². The number of rotatable bonds is 1. The monoisotopic (exact) mass is 263 g/mol. The van der Waals surface area contributed by atoms with Crippen molar-refractivity contribution in [2.45, 2.75) is 59.3 Å². The highest BCUT2D eigenvalue weighted by Crippen LogP contribution is 2.58. The van der Waals surface area contributed by atoms with E-state index in [1.54, 1.807) is 0 Å². The Kier molecular flexibility index (Phi) is 2.66. The summed E-state index contributed by atoms with van der Waals surface area (Å²) in [6.45, 7) is 11.5. The van der Waals surface area contributed by atoms with Crippen LogP contribution in [-0.2, 0) is 9.53 Å². The highest BCUT2D eigenvalue weighted by molar-refractivity contribution is 5.87. The van der Waals surface area contributed by atoms with Crippen molar-refractivity contribution in [1.82, 2.24) is 4.90 Å². The summed E-state index contributed by atoms with van der Waals surface area (Å²) < 4.78 is 6.37. The molecule has 106 valence electrons. The second-order valence-electron chi connectivity index (χ2n) is 7.21. The zero-order valence-electron chi connectivity index (χ0n) is 12.7. The van der Waals surface area contributed by atoms with Crippen molar-refractivity contribution in [3.8, 4) is 0 Å². The molecule has 3 aliphatic rings. The van der Waals surface area contributed by atoms with Gasteiger partial charge in [0.2, 0.25) is 5.91 Å². The fraction of sp³-hybridized carbons (Fsp3) is 0.812. The Morgan fingerprint density at radius 1 is 1.42 bits per heavy atom. The molecule has 2 saturated heterocycles. The Bertz CT molecular complexity index is 456. The van der Waals surface area contributed by atoms with E-state index in [1.165, 1.54) is 5.57 Å². The molecule has 2 heterocycles. The summed E-state index contributed by atoms with van der Waals surface area (Å²) in [5.41, 5.74) is 0.647. The van der Waals surface area contributed by atoms with E-state index in [4.69, 9.17) is 4.74 Å². The van der Waals surface area contributed by atoms with Gasteiger partial charge >= 0.3 is 0 Å². The van der Waals surface area contributed by atoms with E-state index in [0.29, 0.717) is 11.8 Å². The molecule has 19 heavy (non-hydrogen) atoms. The third kappa shape index (κ3) is 1.51. The molecule has 2 fully saturated rings. The summed E-state index contributed by atoms with van der Waals surface area (Å²) in [4.78, 5) is 14.9. The van der Waals surface area contributed by atoms with Crippen LogP contribution in [0.2, 0.25) is 0 Å². The Morgan fingerprint density at radius 2 is 2.11 bits per heavy atom. The van der Waals surface area contributed by atoms with E-state index >= 15 is 0 Å². The van der Waals surface area contributed by atoms with Crippen LogP contribution in [0.5, 0.6) is 0 Å². The molecule has 0 N–H and O–H groups in total. The molecular formula is C16H25NO2. The first-order valence-corrected chi connectivity index (χ1v) is 7.47. The van der Waals surface area contributed by atoms with Crippen molar-refractivity contribution in [1.29, 1.82) is 0 Å². The molecular weight excluding hydrogens is 238 g/mol. The van der Waals surface area contributed by atoms with Crippen LogP contribution in [0.3, 0.4) is 0 Å². The summed E-state index contributed by atoms with van der Waals surface area (Å²) in [7, 11) is 0. The van der Waals surface area contributed by atoms with Crippen LogP contribution in [0.1, 0.15) is 47.5 Å². The maximum absolute atomic E-state index is 12.9. The SMILES string of the molecule is CC1=CCC[C@@]2(C)C(=O)N3C[C@@H](C(C)C)O[C@]3(C)[C@@H]12. The number of nitrogens with zero attached hydrogens (tertiary/aromatic N) is 1. The minimum Gasteiger partial charge on any atom is -0.350 e. The third-order valence-corrected chi connectivity index (χ3v) is 5.52. The molecule has 2 aliphatic heterocycles. The molecule has 0 radical (unpaired) electrons. The van der Waals surface area contributed by atoms with Gasteiger partial charge in [0.25, 0.3) is 0 Å². The maximum atomic E-state index is 12.9. The lowest BCUT2D eigenvalue weighted by molar-refractivity contribution is -0.140. The number of allylic oxidation sites excluding steroid dienone is 1. The molecule has 3 nitrogen and oxygen atoms in total. The fourth-order valence-corrected chi connectivity index (χ4v) is 4.54. The van der Waals surface area contributed by atoms with E-state index in [9.17, 15) is 4.79 Å².